The van der Waals surface area contributed by atoms with Crippen LogP contribution in [0.3, 0.4) is 0 Å². The number of ether oxygens (including phenoxy) is 1. The Balaban J connectivity index is 1.96. The van der Waals surface area contributed by atoms with Crippen molar-refractivity contribution in [2.24, 2.45) is 0 Å². The van der Waals surface area contributed by atoms with Gasteiger partial charge in [-0.2, -0.15) is 0 Å². The second-order valence-electron chi connectivity index (χ2n) is 3.57. The van der Waals surface area contributed by atoms with Gasteiger partial charge in [-0.25, -0.2) is 4.98 Å². The highest BCUT2D eigenvalue weighted by Gasteiger charge is 2.19. The molecule has 1 aliphatic rings. The Kier molecular flexibility index (Phi) is 2.51. The molecule has 1 N–H and O–H groups in total. The lowest BCUT2D eigenvalue weighted by Gasteiger charge is -2.26. The fourth-order valence-corrected chi connectivity index (χ4v) is 1.94. The van der Waals surface area contributed by atoms with Gasteiger partial charge < -0.3 is 10.1 Å². The zero-order valence-corrected chi connectivity index (χ0v) is 8.73. The molecule has 0 aliphatic carbocycles. The van der Waals surface area contributed by atoms with Crippen molar-refractivity contribution in [3.05, 3.63) is 11.2 Å². The molecule has 0 radical (unpaired) electrons. The van der Waals surface area contributed by atoms with Gasteiger partial charge in [0, 0.05) is 19.0 Å². The summed E-state index contributed by atoms with van der Waals surface area (Å²) in [4.78, 5) is 4.30. The quantitative estimate of drug-likeness (QED) is 0.801. The van der Waals surface area contributed by atoms with E-state index in [-0.39, 0.29) is 0 Å². The van der Waals surface area contributed by atoms with E-state index in [4.69, 9.17) is 4.74 Å². The van der Waals surface area contributed by atoms with Gasteiger partial charge in [0.1, 0.15) is 6.10 Å². The van der Waals surface area contributed by atoms with Gasteiger partial charge in [0.15, 0.2) is 5.06 Å². The predicted octanol–water partition coefficient (Wildman–Crippen LogP) is 1.62. The van der Waals surface area contributed by atoms with E-state index in [2.05, 4.69) is 24.1 Å². The van der Waals surface area contributed by atoms with Gasteiger partial charge in [0.2, 0.25) is 0 Å². The van der Waals surface area contributed by atoms with Crippen molar-refractivity contribution >= 4 is 11.3 Å². The maximum absolute atomic E-state index is 5.67. The van der Waals surface area contributed by atoms with Crippen molar-refractivity contribution in [3.63, 3.8) is 0 Å². The Labute approximate surface area is 82.1 Å². The summed E-state index contributed by atoms with van der Waals surface area (Å²) in [5.41, 5.74) is 0. The second-order valence-corrected chi connectivity index (χ2v) is 4.60. The van der Waals surface area contributed by atoms with Crippen LogP contribution in [0.25, 0.3) is 0 Å². The third kappa shape index (κ3) is 2.00. The largest absolute Gasteiger partial charge is 0.477 e. The Morgan fingerprint density at radius 3 is 2.85 bits per heavy atom. The molecule has 0 spiro atoms. The van der Waals surface area contributed by atoms with Gasteiger partial charge in [0.25, 0.3) is 0 Å². The van der Waals surface area contributed by atoms with Crippen molar-refractivity contribution in [1.82, 2.24) is 10.3 Å². The Hall–Kier alpha value is -0.610. The highest BCUT2D eigenvalue weighted by atomic mass is 32.1. The molecule has 1 aliphatic heterocycles. The molecule has 13 heavy (non-hydrogen) atoms. The minimum absolute atomic E-state index is 0.362. The van der Waals surface area contributed by atoms with Gasteiger partial charge in [-0.1, -0.05) is 25.2 Å². The number of hydrogen-bond acceptors (Lipinski definition) is 4. The van der Waals surface area contributed by atoms with E-state index in [0.717, 1.165) is 23.2 Å². The molecule has 3 nitrogen and oxygen atoms in total. The van der Waals surface area contributed by atoms with E-state index in [1.165, 1.54) is 0 Å². The van der Waals surface area contributed by atoms with Crippen LogP contribution >= 0.6 is 11.3 Å². The molecule has 1 aromatic rings. The van der Waals surface area contributed by atoms with Crippen LogP contribution in [0.4, 0.5) is 0 Å². The van der Waals surface area contributed by atoms with Gasteiger partial charge in [0.05, 0.1) is 11.2 Å². The fourth-order valence-electron chi connectivity index (χ4n) is 1.10. The summed E-state index contributed by atoms with van der Waals surface area (Å²) in [6.07, 6.45) is 2.19. The average Bonchev–Trinajstić information content (AvgIpc) is 2.44. The second kappa shape index (κ2) is 3.64. The zero-order valence-electron chi connectivity index (χ0n) is 7.91. The molecule has 0 bridgehead atoms. The Bertz CT molecular complexity index is 281. The highest BCUT2D eigenvalue weighted by Crippen LogP contribution is 2.27. The zero-order chi connectivity index (χ0) is 9.26. The van der Waals surface area contributed by atoms with Crippen LogP contribution < -0.4 is 10.1 Å². The van der Waals surface area contributed by atoms with Crippen LogP contribution in [0, 0.1) is 0 Å². The molecule has 2 heterocycles. The molecule has 2 rings (SSSR count). The maximum Gasteiger partial charge on any atom is 0.194 e. The van der Waals surface area contributed by atoms with Crippen molar-refractivity contribution in [2.75, 3.05) is 13.1 Å². The first-order valence-corrected chi connectivity index (χ1v) is 5.40. The molecule has 4 heteroatoms. The first kappa shape index (κ1) is 8.97. The molecule has 0 saturated carbocycles. The van der Waals surface area contributed by atoms with Crippen LogP contribution in [-0.2, 0) is 0 Å². The molecule has 1 aromatic heterocycles. The molecule has 1 saturated heterocycles. The summed E-state index contributed by atoms with van der Waals surface area (Å²) < 4.78 is 5.67. The van der Waals surface area contributed by atoms with Crippen LogP contribution in [0.1, 0.15) is 24.8 Å². The van der Waals surface area contributed by atoms with Crippen LogP contribution in [0.15, 0.2) is 6.20 Å². The first-order chi connectivity index (χ1) is 6.25. The lowest BCUT2D eigenvalue weighted by molar-refractivity contribution is 0.147. The van der Waals surface area contributed by atoms with E-state index >= 15 is 0 Å². The monoisotopic (exact) mass is 198 g/mol. The number of hydrogen-bond donors (Lipinski definition) is 1. The van der Waals surface area contributed by atoms with E-state index in [9.17, 15) is 0 Å². The maximum atomic E-state index is 5.67. The number of nitrogens with zero attached hydrogens (tertiary/aromatic N) is 1. The van der Waals surface area contributed by atoms with Crippen molar-refractivity contribution < 1.29 is 4.74 Å². The van der Waals surface area contributed by atoms with Crippen LogP contribution in [0.5, 0.6) is 5.06 Å². The Morgan fingerprint density at radius 1 is 1.62 bits per heavy atom. The Morgan fingerprint density at radius 2 is 2.38 bits per heavy atom. The van der Waals surface area contributed by atoms with E-state index < -0.39 is 0 Å². The van der Waals surface area contributed by atoms with Crippen molar-refractivity contribution in [2.45, 2.75) is 25.9 Å². The summed E-state index contributed by atoms with van der Waals surface area (Å²) in [6, 6.07) is 0. The standard InChI is InChI=1S/C9H14N2OS/c1-6(2)9-11-5-8(13-9)12-7-3-10-4-7/h5-7,10H,3-4H2,1-2H3. The van der Waals surface area contributed by atoms with Gasteiger partial charge in [-0.05, 0) is 0 Å². The molecular formula is C9H14N2OS. The number of rotatable bonds is 3. The number of aromatic nitrogens is 1. The van der Waals surface area contributed by atoms with Gasteiger partial charge in [-0.3, -0.25) is 0 Å². The van der Waals surface area contributed by atoms with Crippen LogP contribution in [-0.4, -0.2) is 24.2 Å². The van der Waals surface area contributed by atoms with E-state index in [0.29, 0.717) is 12.0 Å². The summed E-state index contributed by atoms with van der Waals surface area (Å²) in [7, 11) is 0. The van der Waals surface area contributed by atoms with Gasteiger partial charge in [-0.15, -0.1) is 0 Å². The molecule has 1 fully saturated rings. The SMILES string of the molecule is CC(C)c1ncc(OC2CNC2)s1. The van der Waals surface area contributed by atoms with Crippen LogP contribution in [0.2, 0.25) is 0 Å². The molecular weight excluding hydrogens is 184 g/mol. The van der Waals surface area contributed by atoms with E-state index in [1.807, 2.05) is 6.20 Å². The molecule has 0 unspecified atom stereocenters. The number of thiazole rings is 1. The molecule has 72 valence electrons. The minimum Gasteiger partial charge on any atom is -0.477 e. The van der Waals surface area contributed by atoms with E-state index in [1.54, 1.807) is 11.3 Å². The third-order valence-corrected chi connectivity index (χ3v) is 3.21. The summed E-state index contributed by atoms with van der Waals surface area (Å²) in [6.45, 7) is 6.23. The summed E-state index contributed by atoms with van der Waals surface area (Å²) >= 11 is 1.66. The number of nitrogens with one attached hydrogen (secondary N) is 1. The topological polar surface area (TPSA) is 34.1 Å². The summed E-state index contributed by atoms with van der Waals surface area (Å²) in [5, 5.41) is 5.28. The fraction of sp³-hybridized carbons (Fsp3) is 0.667. The smallest absolute Gasteiger partial charge is 0.194 e. The molecule has 0 aromatic carbocycles. The van der Waals surface area contributed by atoms with Crippen molar-refractivity contribution in [1.29, 1.82) is 0 Å². The predicted molar refractivity (Wildman–Crippen MR) is 53.5 cm³/mol. The summed E-state index contributed by atoms with van der Waals surface area (Å²) in [5.74, 6) is 0.502. The first-order valence-electron chi connectivity index (χ1n) is 4.59. The lowest BCUT2D eigenvalue weighted by Crippen LogP contribution is -2.50. The molecule has 0 atom stereocenters. The van der Waals surface area contributed by atoms with Gasteiger partial charge >= 0.3 is 0 Å². The normalized spacial score (nSPS) is 17.5. The highest BCUT2D eigenvalue weighted by molar-refractivity contribution is 7.13. The lowest BCUT2D eigenvalue weighted by atomic mass is 10.2. The minimum atomic E-state index is 0.362. The molecule has 0 amide bonds. The third-order valence-electron chi connectivity index (χ3n) is 2.02. The van der Waals surface area contributed by atoms with Crippen molar-refractivity contribution in [3.8, 4) is 5.06 Å². The average molecular weight is 198 g/mol.